The van der Waals surface area contributed by atoms with Gasteiger partial charge in [-0.05, 0) is 48.7 Å². The van der Waals surface area contributed by atoms with Gasteiger partial charge in [0, 0.05) is 25.8 Å². The number of nitrogens with one attached hydrogen (secondary N) is 1. The first-order valence-electron chi connectivity index (χ1n) is 9.01. The van der Waals surface area contributed by atoms with Crippen LogP contribution in [0, 0.1) is 5.92 Å². The molecular weight excluding hydrogens is 328 g/mol. The molecule has 0 saturated heterocycles. The summed E-state index contributed by atoms with van der Waals surface area (Å²) in [5.74, 6) is 1.54. The number of ether oxygens (including phenoxy) is 2. The van der Waals surface area contributed by atoms with Gasteiger partial charge >= 0.3 is 0 Å². The van der Waals surface area contributed by atoms with Crippen LogP contribution in [0.5, 0.6) is 11.5 Å². The second-order valence-electron chi connectivity index (χ2n) is 6.59. The first-order valence-corrected chi connectivity index (χ1v) is 9.01. The molecule has 5 heteroatoms. The van der Waals surface area contributed by atoms with Crippen LogP contribution in [0.2, 0.25) is 0 Å². The average molecular weight is 354 g/mol. The molecule has 2 aromatic rings. The summed E-state index contributed by atoms with van der Waals surface area (Å²) in [5.41, 5.74) is 2.21. The summed E-state index contributed by atoms with van der Waals surface area (Å²) in [6.07, 6.45) is 1.58. The molecule has 0 aromatic heterocycles. The van der Waals surface area contributed by atoms with Crippen molar-refractivity contribution in [2.24, 2.45) is 5.92 Å². The van der Waals surface area contributed by atoms with Crippen LogP contribution in [0.3, 0.4) is 0 Å². The monoisotopic (exact) mass is 354 g/mol. The maximum absolute atomic E-state index is 12.4. The van der Waals surface area contributed by atoms with Gasteiger partial charge in [-0.15, -0.1) is 0 Å². The Morgan fingerprint density at radius 2 is 2.08 bits per heavy atom. The van der Waals surface area contributed by atoms with Gasteiger partial charge in [-0.25, -0.2) is 0 Å². The molecule has 2 aromatic carbocycles. The van der Waals surface area contributed by atoms with Crippen molar-refractivity contribution in [3.05, 3.63) is 54.1 Å². The highest BCUT2D eigenvalue weighted by molar-refractivity contribution is 5.79. The van der Waals surface area contributed by atoms with Gasteiger partial charge in [0.2, 0.25) is 5.91 Å². The standard InChI is InChI=1S/C21H26N2O3/c1-23(18-7-4-3-5-8-18)12-6-11-22-21(24)17-13-16-14-19(25-2)9-10-20(16)26-15-17/h3-5,7-10,14,17H,6,11-13,15H2,1-2H3,(H,22,24)/t17-/m0/s1. The normalized spacial score (nSPS) is 15.5. The minimum Gasteiger partial charge on any atom is -0.497 e. The zero-order valence-corrected chi connectivity index (χ0v) is 15.4. The highest BCUT2D eigenvalue weighted by atomic mass is 16.5. The molecule has 0 radical (unpaired) electrons. The Morgan fingerprint density at radius 3 is 2.85 bits per heavy atom. The number of nitrogens with zero attached hydrogens (tertiary/aromatic N) is 1. The SMILES string of the molecule is COc1ccc2c(c1)C[C@H](C(=O)NCCCN(C)c1ccccc1)CO2. The van der Waals surface area contributed by atoms with Crippen molar-refractivity contribution < 1.29 is 14.3 Å². The van der Waals surface area contributed by atoms with E-state index in [1.165, 1.54) is 5.69 Å². The molecule has 0 spiro atoms. The third-order valence-corrected chi connectivity index (χ3v) is 4.71. The Bertz CT molecular complexity index is 733. The van der Waals surface area contributed by atoms with Crippen LogP contribution < -0.4 is 19.7 Å². The van der Waals surface area contributed by atoms with Crippen LogP contribution >= 0.6 is 0 Å². The van der Waals surface area contributed by atoms with Gasteiger partial charge in [0.15, 0.2) is 0 Å². The summed E-state index contributed by atoms with van der Waals surface area (Å²) in [4.78, 5) is 14.6. The minimum atomic E-state index is -0.151. The van der Waals surface area contributed by atoms with Crippen LogP contribution in [0.25, 0.3) is 0 Å². The third kappa shape index (κ3) is 4.48. The molecule has 1 aliphatic rings. The smallest absolute Gasteiger partial charge is 0.226 e. The fourth-order valence-corrected chi connectivity index (χ4v) is 3.15. The van der Waals surface area contributed by atoms with E-state index in [9.17, 15) is 4.79 Å². The zero-order chi connectivity index (χ0) is 18.4. The second-order valence-corrected chi connectivity index (χ2v) is 6.59. The molecule has 138 valence electrons. The van der Waals surface area contributed by atoms with Crippen molar-refractivity contribution >= 4 is 11.6 Å². The Hall–Kier alpha value is -2.69. The van der Waals surface area contributed by atoms with Gasteiger partial charge in [0.05, 0.1) is 13.0 Å². The highest BCUT2D eigenvalue weighted by Gasteiger charge is 2.26. The maximum atomic E-state index is 12.4. The average Bonchev–Trinajstić information content (AvgIpc) is 2.70. The first-order chi connectivity index (χ1) is 12.7. The summed E-state index contributed by atoms with van der Waals surface area (Å²) >= 11 is 0. The molecule has 0 unspecified atom stereocenters. The molecule has 0 aliphatic carbocycles. The van der Waals surface area contributed by atoms with E-state index in [1.54, 1.807) is 7.11 Å². The number of rotatable bonds is 7. The van der Waals surface area contributed by atoms with Crippen LogP contribution in [-0.4, -0.2) is 39.8 Å². The lowest BCUT2D eigenvalue weighted by atomic mass is 9.96. The number of amides is 1. The van der Waals surface area contributed by atoms with E-state index in [2.05, 4.69) is 29.4 Å². The van der Waals surface area contributed by atoms with Crippen LogP contribution in [-0.2, 0) is 11.2 Å². The maximum Gasteiger partial charge on any atom is 0.226 e. The van der Waals surface area contributed by atoms with E-state index >= 15 is 0 Å². The van der Waals surface area contributed by atoms with Crippen molar-refractivity contribution in [1.29, 1.82) is 0 Å². The molecule has 1 amide bonds. The third-order valence-electron chi connectivity index (χ3n) is 4.71. The number of carbonyl (C=O) groups excluding carboxylic acids is 1. The molecule has 1 aliphatic heterocycles. The molecule has 3 rings (SSSR count). The molecule has 5 nitrogen and oxygen atoms in total. The first kappa shape index (κ1) is 18.1. The van der Waals surface area contributed by atoms with Gasteiger partial charge in [0.1, 0.15) is 18.1 Å². The van der Waals surface area contributed by atoms with Gasteiger partial charge < -0.3 is 19.7 Å². The largest absolute Gasteiger partial charge is 0.497 e. The van der Waals surface area contributed by atoms with Gasteiger partial charge in [0.25, 0.3) is 0 Å². The molecule has 0 saturated carbocycles. The van der Waals surface area contributed by atoms with E-state index in [-0.39, 0.29) is 11.8 Å². The molecule has 1 N–H and O–H groups in total. The number of hydrogen-bond acceptors (Lipinski definition) is 4. The Labute approximate surface area is 154 Å². The molecule has 26 heavy (non-hydrogen) atoms. The lowest BCUT2D eigenvalue weighted by Gasteiger charge is -2.25. The van der Waals surface area contributed by atoms with Crippen molar-refractivity contribution in [2.45, 2.75) is 12.8 Å². The van der Waals surface area contributed by atoms with Crippen LogP contribution in [0.1, 0.15) is 12.0 Å². The summed E-state index contributed by atoms with van der Waals surface area (Å²) in [6, 6.07) is 16.0. The predicted octanol–water partition coefficient (Wildman–Crippen LogP) is 2.89. The lowest BCUT2D eigenvalue weighted by Crippen LogP contribution is -2.38. The summed E-state index contributed by atoms with van der Waals surface area (Å²) in [6.45, 7) is 1.98. The molecular formula is C21H26N2O3. The lowest BCUT2D eigenvalue weighted by molar-refractivity contribution is -0.126. The highest BCUT2D eigenvalue weighted by Crippen LogP contribution is 2.30. The molecule has 1 atom stereocenters. The minimum absolute atomic E-state index is 0.0563. The number of hydrogen-bond donors (Lipinski definition) is 1. The van der Waals surface area contributed by atoms with Crippen molar-refractivity contribution in [3.63, 3.8) is 0 Å². The molecule has 1 heterocycles. The fourth-order valence-electron chi connectivity index (χ4n) is 3.15. The van der Waals surface area contributed by atoms with Crippen molar-refractivity contribution in [1.82, 2.24) is 5.32 Å². The van der Waals surface area contributed by atoms with Crippen LogP contribution in [0.4, 0.5) is 5.69 Å². The second kappa shape index (κ2) is 8.61. The molecule has 0 bridgehead atoms. The number of carbonyl (C=O) groups is 1. The number of para-hydroxylation sites is 1. The Balaban J connectivity index is 1.44. The number of fused-ring (bicyclic) bond motifs is 1. The van der Waals surface area contributed by atoms with Gasteiger partial charge in [-0.3, -0.25) is 4.79 Å². The summed E-state index contributed by atoms with van der Waals surface area (Å²) in [7, 11) is 3.71. The quantitative estimate of drug-likeness (QED) is 0.777. The fraction of sp³-hybridized carbons (Fsp3) is 0.381. The zero-order valence-electron chi connectivity index (χ0n) is 15.4. The Morgan fingerprint density at radius 1 is 1.27 bits per heavy atom. The van der Waals surface area contributed by atoms with Crippen molar-refractivity contribution in [2.75, 3.05) is 38.8 Å². The van der Waals surface area contributed by atoms with Crippen LogP contribution in [0.15, 0.2) is 48.5 Å². The summed E-state index contributed by atoms with van der Waals surface area (Å²) in [5, 5.41) is 3.04. The van der Waals surface area contributed by atoms with E-state index in [0.717, 1.165) is 30.0 Å². The van der Waals surface area contributed by atoms with Gasteiger partial charge in [-0.1, -0.05) is 18.2 Å². The predicted molar refractivity (Wildman–Crippen MR) is 103 cm³/mol. The molecule has 0 fully saturated rings. The Kier molecular flexibility index (Phi) is 6.00. The van der Waals surface area contributed by atoms with E-state index < -0.39 is 0 Å². The number of methoxy groups -OCH3 is 1. The summed E-state index contributed by atoms with van der Waals surface area (Å²) < 4.78 is 11.0. The van der Waals surface area contributed by atoms with E-state index in [1.807, 2.05) is 36.4 Å². The number of anilines is 1. The van der Waals surface area contributed by atoms with E-state index in [0.29, 0.717) is 19.6 Å². The van der Waals surface area contributed by atoms with E-state index in [4.69, 9.17) is 9.47 Å². The van der Waals surface area contributed by atoms with Gasteiger partial charge in [-0.2, -0.15) is 0 Å². The number of benzene rings is 2. The van der Waals surface area contributed by atoms with Crippen molar-refractivity contribution in [3.8, 4) is 11.5 Å². The topological polar surface area (TPSA) is 50.8 Å².